The number of nitrogens with zero attached hydrogens (tertiary/aromatic N) is 3. The normalized spacial score (nSPS) is 10.8. The molecule has 0 aliphatic heterocycles. The van der Waals surface area contributed by atoms with Crippen LogP contribution in [0.1, 0.15) is 10.6 Å². The Hall–Kier alpha value is -2.34. The lowest BCUT2D eigenvalue weighted by Crippen LogP contribution is -2.20. The van der Waals surface area contributed by atoms with Gasteiger partial charge in [-0.3, -0.25) is 9.48 Å². The number of nitrogens with one attached hydrogen (secondary N) is 1. The summed E-state index contributed by atoms with van der Waals surface area (Å²) in [7, 11) is 1.88. The first-order valence-electron chi connectivity index (χ1n) is 6.61. The van der Waals surface area contributed by atoms with E-state index in [2.05, 4.69) is 10.3 Å². The van der Waals surface area contributed by atoms with Crippen molar-refractivity contribution in [1.82, 2.24) is 14.3 Å². The molecule has 21 heavy (non-hydrogen) atoms. The van der Waals surface area contributed by atoms with Gasteiger partial charge in [-0.2, -0.15) is 0 Å². The molecule has 108 valence electrons. The second-order valence-corrected chi connectivity index (χ2v) is 6.07. The predicted molar refractivity (Wildman–Crippen MR) is 85.9 cm³/mol. The van der Waals surface area contributed by atoms with Crippen LogP contribution in [0, 0.1) is 13.8 Å². The summed E-state index contributed by atoms with van der Waals surface area (Å²) in [5.74, 6) is 0. The van der Waals surface area contributed by atoms with Gasteiger partial charge in [0, 0.05) is 18.1 Å². The van der Waals surface area contributed by atoms with E-state index in [0.29, 0.717) is 5.69 Å². The van der Waals surface area contributed by atoms with Crippen molar-refractivity contribution in [2.45, 2.75) is 13.8 Å². The monoisotopic (exact) mass is 300 g/mol. The molecule has 2 aromatic heterocycles. The fourth-order valence-corrected chi connectivity index (χ4v) is 2.90. The van der Waals surface area contributed by atoms with Crippen molar-refractivity contribution in [3.8, 4) is 5.69 Å². The van der Waals surface area contributed by atoms with Crippen molar-refractivity contribution in [2.75, 3.05) is 5.32 Å². The van der Waals surface area contributed by atoms with Gasteiger partial charge >= 0.3 is 0 Å². The lowest BCUT2D eigenvalue weighted by Gasteiger charge is -2.07. The first kappa shape index (κ1) is 13.6. The zero-order valence-corrected chi connectivity index (χ0v) is 12.9. The van der Waals surface area contributed by atoms with Gasteiger partial charge in [0.2, 0.25) is 0 Å². The molecule has 0 fully saturated rings. The number of aromatic nitrogens is 3. The third-order valence-electron chi connectivity index (χ3n) is 3.41. The van der Waals surface area contributed by atoms with Crippen LogP contribution in [0.4, 0.5) is 10.8 Å². The van der Waals surface area contributed by atoms with Crippen molar-refractivity contribution in [1.29, 1.82) is 0 Å². The first-order chi connectivity index (χ1) is 10.1. The van der Waals surface area contributed by atoms with Crippen LogP contribution in [-0.4, -0.2) is 14.3 Å². The summed E-state index contributed by atoms with van der Waals surface area (Å²) >= 11 is 1.53. The maximum atomic E-state index is 12.7. The number of hydrogen-bond acceptors (Lipinski definition) is 4. The molecule has 5 nitrogen and oxygen atoms in total. The molecular weight excluding hydrogens is 284 g/mol. The molecule has 6 heteroatoms. The largest absolute Gasteiger partial charge is 0.325 e. The maximum absolute atomic E-state index is 12.7. The third kappa shape index (κ3) is 2.38. The van der Waals surface area contributed by atoms with E-state index in [1.807, 2.05) is 55.9 Å². The van der Waals surface area contributed by atoms with Gasteiger partial charge in [-0.1, -0.05) is 18.2 Å². The highest BCUT2D eigenvalue weighted by Crippen LogP contribution is 2.22. The highest BCUT2D eigenvalue weighted by atomic mass is 32.1. The van der Waals surface area contributed by atoms with E-state index < -0.39 is 0 Å². The van der Waals surface area contributed by atoms with Gasteiger partial charge in [0.05, 0.1) is 11.4 Å². The molecule has 0 amide bonds. The number of benzene rings is 1. The minimum Gasteiger partial charge on any atom is -0.325 e. The molecule has 1 N–H and O–H groups in total. The summed E-state index contributed by atoms with van der Waals surface area (Å²) in [6, 6.07) is 9.60. The molecule has 2 heterocycles. The summed E-state index contributed by atoms with van der Waals surface area (Å²) in [5.41, 5.74) is 2.21. The van der Waals surface area contributed by atoms with Crippen molar-refractivity contribution in [3.63, 3.8) is 0 Å². The molecular formula is C15H16N4OS. The highest BCUT2D eigenvalue weighted by molar-refractivity contribution is 7.15. The van der Waals surface area contributed by atoms with Crippen LogP contribution in [0.5, 0.6) is 0 Å². The first-order valence-corrected chi connectivity index (χ1v) is 7.43. The van der Waals surface area contributed by atoms with Gasteiger partial charge < -0.3 is 5.32 Å². The Labute approximate surface area is 126 Å². The number of aryl methyl sites for hydroxylation is 1. The predicted octanol–water partition coefficient (Wildman–Crippen LogP) is 2.99. The molecule has 0 radical (unpaired) electrons. The van der Waals surface area contributed by atoms with Gasteiger partial charge in [0.25, 0.3) is 5.56 Å². The van der Waals surface area contributed by atoms with Crippen LogP contribution >= 0.6 is 11.3 Å². The Morgan fingerprint density at radius 1 is 1.19 bits per heavy atom. The molecule has 0 bridgehead atoms. The lowest BCUT2D eigenvalue weighted by molar-refractivity contribution is 0.630. The SMILES string of the molecule is Cc1cnc(Nc2c(C)n(C)n(-c3ccccc3)c2=O)s1. The average Bonchev–Trinajstić information content (AvgIpc) is 2.98. The molecule has 0 atom stereocenters. The molecule has 0 spiro atoms. The maximum Gasteiger partial charge on any atom is 0.295 e. The molecule has 0 saturated heterocycles. The Kier molecular flexibility index (Phi) is 3.39. The van der Waals surface area contributed by atoms with Crippen molar-refractivity contribution >= 4 is 22.2 Å². The quantitative estimate of drug-likeness (QED) is 0.809. The van der Waals surface area contributed by atoms with Gasteiger partial charge in [-0.05, 0) is 26.0 Å². The minimum absolute atomic E-state index is 0.0750. The smallest absolute Gasteiger partial charge is 0.295 e. The number of para-hydroxylation sites is 1. The van der Waals surface area contributed by atoms with Gasteiger partial charge in [-0.25, -0.2) is 9.67 Å². The fraction of sp³-hybridized carbons (Fsp3) is 0.200. The average molecular weight is 300 g/mol. The van der Waals surface area contributed by atoms with E-state index in [4.69, 9.17) is 0 Å². The molecule has 0 aliphatic rings. The fourth-order valence-electron chi connectivity index (χ4n) is 2.23. The van der Waals surface area contributed by atoms with Crippen molar-refractivity contribution in [3.05, 3.63) is 57.5 Å². The van der Waals surface area contributed by atoms with E-state index in [-0.39, 0.29) is 5.56 Å². The van der Waals surface area contributed by atoms with Crippen LogP contribution in [-0.2, 0) is 7.05 Å². The summed E-state index contributed by atoms with van der Waals surface area (Å²) in [5, 5.41) is 3.88. The van der Waals surface area contributed by atoms with Crippen LogP contribution in [0.2, 0.25) is 0 Å². The number of thiazole rings is 1. The molecule has 3 aromatic rings. The molecule has 1 aromatic carbocycles. The Balaban J connectivity index is 2.09. The van der Waals surface area contributed by atoms with Crippen molar-refractivity contribution in [2.24, 2.45) is 7.05 Å². The molecule has 3 rings (SSSR count). The van der Waals surface area contributed by atoms with Crippen LogP contribution in [0.15, 0.2) is 41.3 Å². The molecule has 0 saturated carbocycles. The summed E-state index contributed by atoms with van der Waals surface area (Å²) < 4.78 is 3.50. The summed E-state index contributed by atoms with van der Waals surface area (Å²) in [6.07, 6.45) is 1.79. The zero-order chi connectivity index (χ0) is 15.0. The van der Waals surface area contributed by atoms with Gasteiger partial charge in [0.1, 0.15) is 5.69 Å². The summed E-state index contributed by atoms with van der Waals surface area (Å²) in [6.45, 7) is 3.91. The minimum atomic E-state index is -0.0750. The number of anilines is 2. The van der Waals surface area contributed by atoms with E-state index in [1.165, 1.54) is 11.3 Å². The standard InChI is InChI=1S/C15H16N4OS/c1-10-9-16-15(21-10)17-13-11(2)18(3)19(14(13)20)12-7-5-4-6-8-12/h4-9H,1-3H3,(H,16,17). The Bertz CT molecular complexity index is 829. The molecule has 0 aliphatic carbocycles. The van der Waals surface area contributed by atoms with E-state index in [9.17, 15) is 4.79 Å². The molecule has 0 unspecified atom stereocenters. The second kappa shape index (κ2) is 5.21. The topological polar surface area (TPSA) is 51.9 Å². The number of hydrogen-bond donors (Lipinski definition) is 1. The Morgan fingerprint density at radius 3 is 2.52 bits per heavy atom. The van der Waals surface area contributed by atoms with E-state index in [0.717, 1.165) is 21.4 Å². The third-order valence-corrected chi connectivity index (χ3v) is 4.24. The summed E-state index contributed by atoms with van der Waals surface area (Å²) in [4.78, 5) is 18.0. The Morgan fingerprint density at radius 2 is 1.90 bits per heavy atom. The van der Waals surface area contributed by atoms with E-state index >= 15 is 0 Å². The zero-order valence-electron chi connectivity index (χ0n) is 12.1. The van der Waals surface area contributed by atoms with Gasteiger partial charge in [0.15, 0.2) is 5.13 Å². The highest BCUT2D eigenvalue weighted by Gasteiger charge is 2.16. The number of rotatable bonds is 3. The van der Waals surface area contributed by atoms with Crippen LogP contribution < -0.4 is 10.9 Å². The lowest BCUT2D eigenvalue weighted by atomic mass is 10.3. The van der Waals surface area contributed by atoms with Gasteiger partial charge in [-0.15, -0.1) is 11.3 Å². The van der Waals surface area contributed by atoms with E-state index in [1.54, 1.807) is 10.9 Å². The van der Waals surface area contributed by atoms with Crippen LogP contribution in [0.3, 0.4) is 0 Å². The van der Waals surface area contributed by atoms with Crippen molar-refractivity contribution < 1.29 is 0 Å². The second-order valence-electron chi connectivity index (χ2n) is 4.84. The van der Waals surface area contributed by atoms with Crippen LogP contribution in [0.25, 0.3) is 5.69 Å².